The van der Waals surface area contributed by atoms with E-state index in [0.29, 0.717) is 0 Å². The molecule has 0 saturated carbocycles. The lowest BCUT2D eigenvalue weighted by molar-refractivity contribution is 1.28. The Kier molecular flexibility index (Phi) is 3.85. The Balaban J connectivity index is 3.00. The van der Waals surface area contributed by atoms with Crippen molar-refractivity contribution in [1.82, 2.24) is 0 Å². The van der Waals surface area contributed by atoms with E-state index in [1.165, 1.54) is 5.56 Å². The van der Waals surface area contributed by atoms with Crippen molar-refractivity contribution in [3.8, 4) is 0 Å². The minimum Gasteiger partial charge on any atom is -0.122 e. The van der Waals surface area contributed by atoms with E-state index in [1.807, 2.05) is 0 Å². The molecule has 0 amide bonds. The van der Waals surface area contributed by atoms with E-state index >= 15 is 0 Å². The van der Waals surface area contributed by atoms with Crippen molar-refractivity contribution in [2.75, 3.05) is 0 Å². The first-order valence-electron chi connectivity index (χ1n) is 5.46. The highest BCUT2D eigenvalue weighted by Gasteiger charge is 2.43. The molecule has 1 unspecified atom stereocenters. The molecule has 3 heteroatoms. The average Bonchev–Trinajstić information content (AvgIpc) is 2.16. The van der Waals surface area contributed by atoms with Gasteiger partial charge in [-0.2, -0.15) is 0 Å². The summed E-state index contributed by atoms with van der Waals surface area (Å²) >= 11 is 6.68. The molecule has 0 aliphatic rings. The van der Waals surface area contributed by atoms with Gasteiger partial charge in [-0.25, -0.2) is 0 Å². The molecule has 1 rings (SSSR count). The molecule has 0 spiro atoms. The fourth-order valence-corrected chi connectivity index (χ4v) is 9.08. The zero-order chi connectivity index (χ0) is 11.7. The van der Waals surface area contributed by atoms with Crippen LogP contribution < -0.4 is 0 Å². The Morgan fingerprint density at radius 2 is 1.40 bits per heavy atom. The molecule has 0 N–H and O–H groups in total. The van der Waals surface area contributed by atoms with Crippen LogP contribution in [0.25, 0.3) is 0 Å². The first-order valence-corrected chi connectivity index (χ1v) is 13.5. The molecule has 0 heterocycles. The summed E-state index contributed by atoms with van der Waals surface area (Å²) in [6.45, 7) is 12.2. The molecule has 0 aromatic heterocycles. The summed E-state index contributed by atoms with van der Waals surface area (Å²) in [7, 11) is -2.47. The van der Waals surface area contributed by atoms with E-state index in [2.05, 4.69) is 63.1 Å². The Morgan fingerprint density at radius 3 is 1.80 bits per heavy atom. The highest BCUT2D eigenvalue weighted by Crippen LogP contribution is 2.36. The molecule has 1 aromatic rings. The minimum atomic E-state index is -1.34. The van der Waals surface area contributed by atoms with Gasteiger partial charge in [-0.1, -0.05) is 63.1 Å². The Bertz CT molecular complexity index is 314. The van der Waals surface area contributed by atoms with E-state index in [4.69, 9.17) is 11.6 Å². The fraction of sp³-hybridized carbons (Fsp3) is 0.500. The third-order valence-corrected chi connectivity index (χ3v) is 24.0. The van der Waals surface area contributed by atoms with E-state index in [1.54, 1.807) is 0 Å². The van der Waals surface area contributed by atoms with Crippen LogP contribution >= 0.6 is 11.6 Å². The number of benzene rings is 1. The van der Waals surface area contributed by atoms with Crippen LogP contribution in [-0.4, -0.2) is 15.2 Å². The normalized spacial score (nSPS) is 15.1. The second-order valence-corrected chi connectivity index (χ2v) is 23.4. The third kappa shape index (κ3) is 2.74. The molecule has 1 atom stereocenters. The molecular formula is C12H21ClSi2. The average molecular weight is 257 g/mol. The van der Waals surface area contributed by atoms with Crippen molar-refractivity contribution in [3.05, 3.63) is 35.9 Å². The molecule has 0 fully saturated rings. The van der Waals surface area contributed by atoms with E-state index in [-0.39, 0.29) is 5.00 Å². The smallest absolute Gasteiger partial charge is 0.0671 e. The lowest BCUT2D eigenvalue weighted by Gasteiger charge is -2.39. The summed E-state index contributed by atoms with van der Waals surface area (Å²) in [5, 5.41) is 0.255. The monoisotopic (exact) mass is 256 g/mol. The highest BCUT2D eigenvalue weighted by molar-refractivity contribution is 7.41. The molecule has 15 heavy (non-hydrogen) atoms. The third-order valence-electron chi connectivity index (χ3n) is 3.66. The molecule has 0 saturated heterocycles. The predicted octanol–water partition coefficient (Wildman–Crippen LogP) is 4.63. The summed E-state index contributed by atoms with van der Waals surface area (Å²) in [6, 6.07) is 10.5. The maximum absolute atomic E-state index is 6.68. The van der Waals surface area contributed by atoms with Crippen LogP contribution in [0.15, 0.2) is 30.3 Å². The lowest BCUT2D eigenvalue weighted by Crippen LogP contribution is -2.55. The first-order chi connectivity index (χ1) is 6.77. The van der Waals surface area contributed by atoms with Gasteiger partial charge in [0.15, 0.2) is 0 Å². The van der Waals surface area contributed by atoms with E-state index in [0.717, 1.165) is 0 Å². The topological polar surface area (TPSA) is 0 Å². The van der Waals surface area contributed by atoms with Crippen molar-refractivity contribution in [3.63, 3.8) is 0 Å². The van der Waals surface area contributed by atoms with Gasteiger partial charge in [0.25, 0.3) is 0 Å². The van der Waals surface area contributed by atoms with Crippen LogP contribution in [0.5, 0.6) is 0 Å². The minimum absolute atomic E-state index is 0.255. The van der Waals surface area contributed by atoms with Gasteiger partial charge < -0.3 is 0 Å². The van der Waals surface area contributed by atoms with Gasteiger partial charge in [0.2, 0.25) is 0 Å². The first kappa shape index (κ1) is 13.0. The summed E-state index contributed by atoms with van der Waals surface area (Å²) in [5.74, 6) is 0. The van der Waals surface area contributed by atoms with Crippen LogP contribution in [0.4, 0.5) is 0 Å². The zero-order valence-electron chi connectivity index (χ0n) is 10.3. The quantitative estimate of drug-likeness (QED) is 0.546. The second kappa shape index (κ2) is 4.44. The number of hydrogen-bond acceptors (Lipinski definition) is 0. The Labute approximate surface area is 100 Å². The van der Waals surface area contributed by atoms with Crippen molar-refractivity contribution < 1.29 is 0 Å². The largest absolute Gasteiger partial charge is 0.122 e. The van der Waals surface area contributed by atoms with Gasteiger partial charge in [-0.15, -0.1) is 11.6 Å². The van der Waals surface area contributed by atoms with Gasteiger partial charge in [0, 0.05) is 12.6 Å². The van der Waals surface area contributed by atoms with Gasteiger partial charge in [-0.05, 0) is 5.56 Å². The molecule has 0 nitrogen and oxygen atoms in total. The Hall–Kier alpha value is -0.0562. The summed E-state index contributed by atoms with van der Waals surface area (Å²) in [5.41, 5.74) is 1.30. The van der Waals surface area contributed by atoms with Crippen molar-refractivity contribution in [2.24, 2.45) is 0 Å². The number of alkyl halides is 1. The van der Waals surface area contributed by atoms with Gasteiger partial charge in [-0.3, -0.25) is 0 Å². The highest BCUT2D eigenvalue weighted by atomic mass is 35.5. The van der Waals surface area contributed by atoms with E-state index < -0.39 is 15.2 Å². The number of rotatable bonds is 3. The molecule has 84 valence electrons. The molecule has 0 aliphatic carbocycles. The number of hydrogen-bond donors (Lipinski definition) is 0. The van der Waals surface area contributed by atoms with Crippen molar-refractivity contribution in [2.45, 2.75) is 37.7 Å². The second-order valence-electron chi connectivity index (χ2n) is 5.74. The zero-order valence-corrected chi connectivity index (χ0v) is 13.1. The maximum Gasteiger partial charge on any atom is 0.0671 e. The van der Waals surface area contributed by atoms with Crippen LogP contribution in [0, 0.1) is 0 Å². The van der Waals surface area contributed by atoms with Crippen LogP contribution in [0.2, 0.25) is 32.7 Å². The van der Waals surface area contributed by atoms with Crippen LogP contribution in [0.1, 0.15) is 10.6 Å². The van der Waals surface area contributed by atoms with Crippen molar-refractivity contribution >= 4 is 26.8 Å². The van der Waals surface area contributed by atoms with Gasteiger partial charge in [0.1, 0.15) is 0 Å². The Morgan fingerprint density at radius 1 is 0.933 bits per heavy atom. The maximum atomic E-state index is 6.68. The van der Waals surface area contributed by atoms with Crippen LogP contribution in [0.3, 0.4) is 0 Å². The predicted molar refractivity (Wildman–Crippen MR) is 75.9 cm³/mol. The summed E-state index contributed by atoms with van der Waals surface area (Å²) in [6.07, 6.45) is 0. The number of halogens is 1. The fourth-order valence-electron chi connectivity index (χ4n) is 1.42. The summed E-state index contributed by atoms with van der Waals surface area (Å²) in [4.78, 5) is 0. The molecule has 0 bridgehead atoms. The molecular weight excluding hydrogens is 236 g/mol. The van der Waals surface area contributed by atoms with E-state index in [9.17, 15) is 0 Å². The van der Waals surface area contributed by atoms with Crippen molar-refractivity contribution in [1.29, 1.82) is 0 Å². The van der Waals surface area contributed by atoms with Gasteiger partial charge >= 0.3 is 0 Å². The standard InChI is InChI=1S/C12H21ClSi2/c1-14(2,3)15(4,5)12(13)11-9-7-6-8-10-11/h6-10,12H,1-5H3. The molecule has 1 aromatic carbocycles. The summed E-state index contributed by atoms with van der Waals surface area (Å²) < 4.78 is 0. The lowest BCUT2D eigenvalue weighted by atomic mass is 10.2. The molecule has 0 radical (unpaired) electrons. The SMILES string of the molecule is C[Si](C)(C)[Si](C)(C)C(Cl)c1ccccc1. The van der Waals surface area contributed by atoms with Crippen LogP contribution in [-0.2, 0) is 0 Å². The van der Waals surface area contributed by atoms with Gasteiger partial charge in [0.05, 0.1) is 7.59 Å². The molecule has 0 aliphatic heterocycles.